The minimum absolute atomic E-state index is 0.253. The molecule has 0 unspecified atom stereocenters. The zero-order valence-corrected chi connectivity index (χ0v) is 13.7. The van der Waals surface area contributed by atoms with Crippen LogP contribution in [0.4, 0.5) is 5.69 Å². The van der Waals surface area contributed by atoms with Crippen LogP contribution in [0.15, 0.2) is 40.9 Å². The summed E-state index contributed by atoms with van der Waals surface area (Å²) in [5, 5.41) is 2.87. The number of hydrogen-bond acceptors (Lipinski definition) is 3. The molecule has 0 saturated carbocycles. The second-order valence-corrected chi connectivity index (χ2v) is 5.36. The van der Waals surface area contributed by atoms with Gasteiger partial charge in [0.15, 0.2) is 0 Å². The lowest BCUT2D eigenvalue weighted by molar-refractivity contribution is 0.102. The van der Waals surface area contributed by atoms with Crippen LogP contribution in [0.2, 0.25) is 0 Å². The monoisotopic (exact) mass is 349 g/mol. The molecule has 0 aliphatic heterocycles. The number of hydrogen-bond donors (Lipinski definition) is 1. The van der Waals surface area contributed by atoms with Crippen LogP contribution in [-0.4, -0.2) is 20.1 Å². The fraction of sp³-hybridized carbons (Fsp3) is 0.188. The van der Waals surface area contributed by atoms with Gasteiger partial charge in [-0.05, 0) is 58.7 Å². The van der Waals surface area contributed by atoms with Crippen molar-refractivity contribution >= 4 is 27.5 Å². The van der Waals surface area contributed by atoms with Gasteiger partial charge in [-0.3, -0.25) is 4.79 Å². The number of amides is 1. The van der Waals surface area contributed by atoms with Crippen molar-refractivity contribution in [3.63, 3.8) is 0 Å². The molecule has 0 bridgehead atoms. The molecule has 0 atom stereocenters. The number of anilines is 1. The van der Waals surface area contributed by atoms with E-state index in [4.69, 9.17) is 9.47 Å². The first kappa shape index (κ1) is 15.4. The van der Waals surface area contributed by atoms with Gasteiger partial charge in [0.2, 0.25) is 0 Å². The summed E-state index contributed by atoms with van der Waals surface area (Å²) in [4.78, 5) is 12.5. The van der Waals surface area contributed by atoms with Crippen LogP contribution in [-0.2, 0) is 0 Å². The molecule has 1 N–H and O–H groups in total. The number of nitrogens with one attached hydrogen (secondary N) is 1. The van der Waals surface area contributed by atoms with Crippen molar-refractivity contribution in [1.82, 2.24) is 0 Å². The predicted octanol–water partition coefficient (Wildman–Crippen LogP) is 4.03. The van der Waals surface area contributed by atoms with Gasteiger partial charge in [0.25, 0.3) is 5.91 Å². The number of methoxy groups -OCH3 is 2. The van der Waals surface area contributed by atoms with Crippen LogP contribution >= 0.6 is 15.9 Å². The smallest absolute Gasteiger partial charge is 0.259 e. The van der Waals surface area contributed by atoms with Gasteiger partial charge in [-0.25, -0.2) is 0 Å². The van der Waals surface area contributed by atoms with E-state index in [0.29, 0.717) is 22.7 Å². The molecular formula is C16H16BrNO3. The summed E-state index contributed by atoms with van der Waals surface area (Å²) in [6.45, 7) is 1.97. The van der Waals surface area contributed by atoms with Crippen molar-refractivity contribution < 1.29 is 14.3 Å². The summed E-state index contributed by atoms with van der Waals surface area (Å²) >= 11 is 3.42. The highest BCUT2D eigenvalue weighted by Gasteiger charge is 2.15. The topological polar surface area (TPSA) is 47.6 Å². The van der Waals surface area contributed by atoms with Crippen LogP contribution < -0.4 is 14.8 Å². The Balaban J connectivity index is 2.33. The van der Waals surface area contributed by atoms with E-state index >= 15 is 0 Å². The molecule has 2 aromatic rings. The Bertz CT molecular complexity index is 671. The highest BCUT2D eigenvalue weighted by atomic mass is 79.9. The van der Waals surface area contributed by atoms with E-state index in [1.54, 1.807) is 25.3 Å². The lowest BCUT2D eigenvalue weighted by atomic mass is 10.1. The summed E-state index contributed by atoms with van der Waals surface area (Å²) in [6.07, 6.45) is 0. The maximum atomic E-state index is 12.5. The summed E-state index contributed by atoms with van der Waals surface area (Å²) < 4.78 is 11.2. The van der Waals surface area contributed by atoms with Gasteiger partial charge in [-0.1, -0.05) is 6.07 Å². The number of carbonyl (C=O) groups is 1. The fourth-order valence-corrected chi connectivity index (χ4v) is 2.26. The SMILES string of the molecule is COc1ccc(OC)c(C(=O)Nc2cc(C)ccc2Br)c1. The molecule has 110 valence electrons. The Labute approximate surface area is 132 Å². The molecule has 0 heterocycles. The predicted molar refractivity (Wildman–Crippen MR) is 86.4 cm³/mol. The molecule has 0 spiro atoms. The van der Waals surface area contributed by atoms with E-state index in [1.165, 1.54) is 7.11 Å². The normalized spacial score (nSPS) is 10.1. The number of carbonyl (C=O) groups excluding carboxylic acids is 1. The first-order valence-corrected chi connectivity index (χ1v) is 7.14. The number of ether oxygens (including phenoxy) is 2. The third kappa shape index (κ3) is 3.55. The summed E-state index contributed by atoms with van der Waals surface area (Å²) in [5.41, 5.74) is 2.20. The fourth-order valence-electron chi connectivity index (χ4n) is 1.92. The maximum absolute atomic E-state index is 12.5. The number of rotatable bonds is 4. The third-order valence-electron chi connectivity index (χ3n) is 3.02. The zero-order chi connectivity index (χ0) is 15.4. The van der Waals surface area contributed by atoms with E-state index in [2.05, 4.69) is 21.2 Å². The molecule has 0 aliphatic carbocycles. The van der Waals surface area contributed by atoms with Crippen molar-refractivity contribution in [3.8, 4) is 11.5 Å². The van der Waals surface area contributed by atoms with Crippen LogP contribution in [0.5, 0.6) is 11.5 Å². The minimum Gasteiger partial charge on any atom is -0.497 e. The molecule has 0 aromatic heterocycles. The molecule has 0 aliphatic rings. The molecule has 2 aromatic carbocycles. The average molecular weight is 350 g/mol. The van der Waals surface area contributed by atoms with E-state index in [1.807, 2.05) is 25.1 Å². The van der Waals surface area contributed by atoms with E-state index in [-0.39, 0.29) is 5.91 Å². The molecule has 0 radical (unpaired) electrons. The second-order valence-electron chi connectivity index (χ2n) is 4.50. The van der Waals surface area contributed by atoms with Gasteiger partial charge in [0.05, 0.1) is 25.5 Å². The number of aryl methyl sites for hydroxylation is 1. The highest BCUT2D eigenvalue weighted by Crippen LogP contribution is 2.27. The summed E-state index contributed by atoms with van der Waals surface area (Å²) in [5.74, 6) is 0.846. The Morgan fingerprint density at radius 3 is 2.52 bits per heavy atom. The molecule has 1 amide bonds. The van der Waals surface area contributed by atoms with Crippen molar-refractivity contribution in [3.05, 3.63) is 52.0 Å². The van der Waals surface area contributed by atoms with E-state index in [0.717, 1.165) is 10.0 Å². The quantitative estimate of drug-likeness (QED) is 0.906. The van der Waals surface area contributed by atoms with Crippen LogP contribution in [0.3, 0.4) is 0 Å². The van der Waals surface area contributed by atoms with Crippen LogP contribution in [0.25, 0.3) is 0 Å². The molecular weight excluding hydrogens is 334 g/mol. The lowest BCUT2D eigenvalue weighted by Crippen LogP contribution is -2.14. The summed E-state index contributed by atoms with van der Waals surface area (Å²) in [7, 11) is 3.09. The molecule has 21 heavy (non-hydrogen) atoms. The Morgan fingerprint density at radius 1 is 1.10 bits per heavy atom. The standard InChI is InChI=1S/C16H16BrNO3/c1-10-4-6-13(17)14(8-10)18-16(19)12-9-11(20-2)5-7-15(12)21-3/h4-9H,1-3H3,(H,18,19). The van der Waals surface area contributed by atoms with Crippen molar-refractivity contribution in [2.45, 2.75) is 6.92 Å². The highest BCUT2D eigenvalue weighted by molar-refractivity contribution is 9.10. The van der Waals surface area contributed by atoms with Gasteiger partial charge in [0, 0.05) is 4.47 Å². The zero-order valence-electron chi connectivity index (χ0n) is 12.1. The van der Waals surface area contributed by atoms with Gasteiger partial charge in [-0.15, -0.1) is 0 Å². The van der Waals surface area contributed by atoms with Gasteiger partial charge >= 0.3 is 0 Å². The first-order valence-electron chi connectivity index (χ1n) is 6.34. The lowest BCUT2D eigenvalue weighted by Gasteiger charge is -2.12. The van der Waals surface area contributed by atoms with E-state index < -0.39 is 0 Å². The molecule has 0 fully saturated rings. The largest absolute Gasteiger partial charge is 0.497 e. The Morgan fingerprint density at radius 2 is 1.86 bits per heavy atom. The maximum Gasteiger partial charge on any atom is 0.259 e. The Kier molecular flexibility index (Phi) is 4.85. The number of halogens is 1. The van der Waals surface area contributed by atoms with Gasteiger partial charge in [-0.2, -0.15) is 0 Å². The van der Waals surface area contributed by atoms with Crippen molar-refractivity contribution in [2.75, 3.05) is 19.5 Å². The molecule has 5 heteroatoms. The van der Waals surface area contributed by atoms with Crippen molar-refractivity contribution in [2.24, 2.45) is 0 Å². The molecule has 4 nitrogen and oxygen atoms in total. The third-order valence-corrected chi connectivity index (χ3v) is 3.71. The van der Waals surface area contributed by atoms with Crippen LogP contribution in [0.1, 0.15) is 15.9 Å². The number of benzene rings is 2. The first-order chi connectivity index (χ1) is 10.0. The Hall–Kier alpha value is -2.01. The summed E-state index contributed by atoms with van der Waals surface area (Å²) in [6, 6.07) is 10.9. The molecule has 0 saturated heterocycles. The molecule has 2 rings (SSSR count). The minimum atomic E-state index is -0.253. The second kappa shape index (κ2) is 6.63. The van der Waals surface area contributed by atoms with Gasteiger partial charge < -0.3 is 14.8 Å². The van der Waals surface area contributed by atoms with Gasteiger partial charge in [0.1, 0.15) is 11.5 Å². The van der Waals surface area contributed by atoms with Crippen LogP contribution in [0, 0.1) is 6.92 Å². The van der Waals surface area contributed by atoms with E-state index in [9.17, 15) is 4.79 Å². The van der Waals surface area contributed by atoms with Crippen molar-refractivity contribution in [1.29, 1.82) is 0 Å². The average Bonchev–Trinajstić information content (AvgIpc) is 2.50.